The van der Waals surface area contributed by atoms with Crippen LogP contribution in [-0.2, 0) is 6.54 Å². The molecule has 0 unspecified atom stereocenters. The van der Waals surface area contributed by atoms with E-state index in [1.807, 2.05) is 52.0 Å². The van der Waals surface area contributed by atoms with Gasteiger partial charge in [0.15, 0.2) is 0 Å². The van der Waals surface area contributed by atoms with E-state index in [4.69, 9.17) is 9.47 Å². The molecule has 0 saturated carbocycles. The first-order valence-corrected chi connectivity index (χ1v) is 10.3. The Bertz CT molecular complexity index is 945. The average Bonchev–Trinajstić information content (AvgIpc) is 3.28. The summed E-state index contributed by atoms with van der Waals surface area (Å²) in [6, 6.07) is 11.6. The van der Waals surface area contributed by atoms with Gasteiger partial charge >= 0.3 is 0 Å². The summed E-state index contributed by atoms with van der Waals surface area (Å²) in [4.78, 5) is 14.3. The number of thiophene rings is 1. The molecule has 0 aliphatic carbocycles. The highest BCUT2D eigenvalue weighted by atomic mass is 32.1. The quantitative estimate of drug-likeness (QED) is 0.563. The molecule has 1 aromatic carbocycles. The normalized spacial score (nSPS) is 10.7. The maximum atomic E-state index is 13.0. The predicted molar refractivity (Wildman–Crippen MR) is 114 cm³/mol. The van der Waals surface area contributed by atoms with Crippen LogP contribution in [0.15, 0.2) is 41.8 Å². The molecule has 0 aliphatic rings. The van der Waals surface area contributed by atoms with Crippen molar-refractivity contribution < 1.29 is 14.3 Å². The van der Waals surface area contributed by atoms with Crippen molar-refractivity contribution in [2.75, 3.05) is 18.5 Å². The maximum Gasteiger partial charge on any atom is 0.257 e. The second-order valence-electron chi connectivity index (χ2n) is 6.43. The van der Waals surface area contributed by atoms with Crippen LogP contribution in [-0.4, -0.2) is 23.7 Å². The molecule has 0 saturated heterocycles. The summed E-state index contributed by atoms with van der Waals surface area (Å²) in [5.74, 6) is 1.18. The highest BCUT2D eigenvalue weighted by Gasteiger charge is 2.18. The third kappa shape index (κ3) is 4.39. The van der Waals surface area contributed by atoms with Crippen molar-refractivity contribution in [2.24, 2.45) is 0 Å². The number of nitrogens with one attached hydrogen (secondary N) is 1. The monoisotopic (exact) mass is 398 g/mol. The maximum absolute atomic E-state index is 13.0. The average molecular weight is 399 g/mol. The van der Waals surface area contributed by atoms with E-state index < -0.39 is 0 Å². The van der Waals surface area contributed by atoms with Gasteiger partial charge in [0.05, 0.1) is 31.0 Å². The summed E-state index contributed by atoms with van der Waals surface area (Å²) in [6.07, 6.45) is 0. The van der Waals surface area contributed by atoms with Gasteiger partial charge in [-0.3, -0.25) is 4.79 Å². The second-order valence-corrected chi connectivity index (χ2v) is 7.46. The van der Waals surface area contributed by atoms with Gasteiger partial charge in [0, 0.05) is 22.3 Å². The number of rotatable bonds is 8. The highest BCUT2D eigenvalue weighted by Crippen LogP contribution is 2.30. The SMILES string of the molecule is CCOc1ccc(OCC)c(NC(=O)c2cc(C)n(Cc3cccs3)c2C)c1. The fourth-order valence-electron chi connectivity index (χ4n) is 3.17. The van der Waals surface area contributed by atoms with Crippen LogP contribution in [0.2, 0.25) is 0 Å². The number of nitrogens with zero attached hydrogens (tertiary/aromatic N) is 1. The van der Waals surface area contributed by atoms with E-state index in [-0.39, 0.29) is 5.91 Å². The molecule has 0 radical (unpaired) electrons. The Balaban J connectivity index is 1.86. The van der Waals surface area contributed by atoms with Crippen LogP contribution in [0.4, 0.5) is 5.69 Å². The summed E-state index contributed by atoms with van der Waals surface area (Å²) in [7, 11) is 0. The Labute approximate surface area is 169 Å². The third-order valence-corrected chi connectivity index (χ3v) is 5.38. The van der Waals surface area contributed by atoms with Crippen LogP contribution in [0.25, 0.3) is 0 Å². The van der Waals surface area contributed by atoms with Gasteiger partial charge < -0.3 is 19.4 Å². The standard InChI is InChI=1S/C22H26N2O3S/c1-5-26-17-9-10-21(27-6-2)20(13-17)23-22(25)19-12-15(3)24(16(19)4)14-18-8-7-11-28-18/h7-13H,5-6,14H2,1-4H3,(H,23,25). The molecule has 0 aliphatic heterocycles. The smallest absolute Gasteiger partial charge is 0.257 e. The molecule has 3 rings (SSSR count). The summed E-state index contributed by atoms with van der Waals surface area (Å²) >= 11 is 1.72. The first-order valence-electron chi connectivity index (χ1n) is 9.43. The fraction of sp³-hybridized carbons (Fsp3) is 0.318. The summed E-state index contributed by atoms with van der Waals surface area (Å²) in [5, 5.41) is 5.06. The molecular formula is C22H26N2O3S. The van der Waals surface area contributed by atoms with Crippen molar-refractivity contribution >= 4 is 22.9 Å². The number of aryl methyl sites for hydroxylation is 1. The van der Waals surface area contributed by atoms with E-state index in [2.05, 4.69) is 21.3 Å². The second kappa shape index (κ2) is 8.97. The van der Waals surface area contributed by atoms with Crippen LogP contribution >= 0.6 is 11.3 Å². The molecule has 2 heterocycles. The molecule has 0 fully saturated rings. The van der Waals surface area contributed by atoms with Crippen LogP contribution in [0.3, 0.4) is 0 Å². The van der Waals surface area contributed by atoms with Crippen LogP contribution < -0.4 is 14.8 Å². The molecule has 28 heavy (non-hydrogen) atoms. The zero-order valence-electron chi connectivity index (χ0n) is 16.7. The number of ether oxygens (including phenoxy) is 2. The predicted octanol–water partition coefficient (Wildman–Crippen LogP) is 5.26. The van der Waals surface area contributed by atoms with Crippen molar-refractivity contribution in [3.63, 3.8) is 0 Å². The van der Waals surface area contributed by atoms with E-state index in [0.717, 1.165) is 17.9 Å². The van der Waals surface area contributed by atoms with Crippen LogP contribution in [0.5, 0.6) is 11.5 Å². The van der Waals surface area contributed by atoms with Crippen molar-refractivity contribution in [2.45, 2.75) is 34.2 Å². The van der Waals surface area contributed by atoms with Gasteiger partial charge in [-0.25, -0.2) is 0 Å². The molecule has 3 aromatic rings. The summed E-state index contributed by atoms with van der Waals surface area (Å²) in [5.41, 5.74) is 3.28. The zero-order chi connectivity index (χ0) is 20.1. The van der Waals surface area contributed by atoms with Crippen molar-refractivity contribution in [3.05, 3.63) is 63.6 Å². The fourth-order valence-corrected chi connectivity index (χ4v) is 3.86. The van der Waals surface area contributed by atoms with Gasteiger partial charge in [0.2, 0.25) is 0 Å². The Morgan fingerprint density at radius 2 is 1.89 bits per heavy atom. The van der Waals surface area contributed by atoms with Gasteiger partial charge in [-0.2, -0.15) is 0 Å². The molecule has 0 spiro atoms. The van der Waals surface area contributed by atoms with E-state index in [0.29, 0.717) is 36.0 Å². The summed E-state index contributed by atoms with van der Waals surface area (Å²) < 4.78 is 13.4. The van der Waals surface area contributed by atoms with Crippen molar-refractivity contribution in [3.8, 4) is 11.5 Å². The molecule has 6 heteroatoms. The first kappa shape index (κ1) is 20.0. The lowest BCUT2D eigenvalue weighted by atomic mass is 10.2. The molecule has 0 bridgehead atoms. The zero-order valence-corrected chi connectivity index (χ0v) is 17.6. The van der Waals surface area contributed by atoms with E-state index >= 15 is 0 Å². The molecule has 0 atom stereocenters. The van der Waals surface area contributed by atoms with Crippen molar-refractivity contribution in [1.82, 2.24) is 4.57 Å². The van der Waals surface area contributed by atoms with Gasteiger partial charge in [0.1, 0.15) is 11.5 Å². The van der Waals surface area contributed by atoms with E-state index in [1.165, 1.54) is 4.88 Å². The molecular weight excluding hydrogens is 372 g/mol. The number of hydrogen-bond acceptors (Lipinski definition) is 4. The molecule has 148 valence electrons. The van der Waals surface area contributed by atoms with Crippen LogP contribution in [0.1, 0.15) is 40.5 Å². The Hall–Kier alpha value is -2.73. The Morgan fingerprint density at radius 1 is 1.11 bits per heavy atom. The Kier molecular flexibility index (Phi) is 6.41. The van der Waals surface area contributed by atoms with Gasteiger partial charge in [-0.15, -0.1) is 11.3 Å². The topological polar surface area (TPSA) is 52.5 Å². The number of carbonyl (C=O) groups is 1. The number of anilines is 1. The van der Waals surface area contributed by atoms with Gasteiger partial charge in [-0.1, -0.05) is 6.07 Å². The number of aromatic nitrogens is 1. The minimum atomic E-state index is -0.153. The number of benzene rings is 1. The number of carbonyl (C=O) groups excluding carboxylic acids is 1. The highest BCUT2D eigenvalue weighted by molar-refractivity contribution is 7.09. The van der Waals surface area contributed by atoms with Gasteiger partial charge in [0.25, 0.3) is 5.91 Å². The lowest BCUT2D eigenvalue weighted by Crippen LogP contribution is -2.14. The summed E-state index contributed by atoms with van der Waals surface area (Å²) in [6.45, 7) is 9.70. The molecule has 1 N–H and O–H groups in total. The minimum absolute atomic E-state index is 0.153. The number of amides is 1. The molecule has 5 nitrogen and oxygen atoms in total. The van der Waals surface area contributed by atoms with E-state index in [9.17, 15) is 4.79 Å². The first-order chi connectivity index (χ1) is 13.5. The Morgan fingerprint density at radius 3 is 2.57 bits per heavy atom. The third-order valence-electron chi connectivity index (χ3n) is 4.52. The molecule has 1 amide bonds. The van der Waals surface area contributed by atoms with Gasteiger partial charge in [-0.05, 0) is 57.3 Å². The van der Waals surface area contributed by atoms with Crippen molar-refractivity contribution in [1.29, 1.82) is 0 Å². The number of hydrogen-bond donors (Lipinski definition) is 1. The van der Waals surface area contributed by atoms with Crippen LogP contribution in [0, 0.1) is 13.8 Å². The lowest BCUT2D eigenvalue weighted by Gasteiger charge is -2.14. The minimum Gasteiger partial charge on any atom is -0.494 e. The largest absolute Gasteiger partial charge is 0.494 e. The van der Waals surface area contributed by atoms with E-state index in [1.54, 1.807) is 17.4 Å². The molecule has 2 aromatic heterocycles. The lowest BCUT2D eigenvalue weighted by molar-refractivity contribution is 0.102.